The van der Waals surface area contributed by atoms with Gasteiger partial charge in [-0.05, 0) is 37.7 Å². The van der Waals surface area contributed by atoms with Crippen LogP contribution in [0.3, 0.4) is 0 Å². The molecule has 0 radical (unpaired) electrons. The summed E-state index contributed by atoms with van der Waals surface area (Å²) in [7, 11) is 0. The van der Waals surface area contributed by atoms with Gasteiger partial charge in [0, 0.05) is 11.6 Å². The molecule has 114 valence electrons. The fraction of sp³-hybridized carbons (Fsp3) is 0.500. The molecule has 0 unspecified atom stereocenters. The monoisotopic (exact) mass is 339 g/mol. The van der Waals surface area contributed by atoms with Crippen LogP contribution in [0, 0.1) is 0 Å². The summed E-state index contributed by atoms with van der Waals surface area (Å²) in [5.74, 6) is -0.424. The standard InChI is InChI=1S/C14H19Cl2NO2.ClH/c1-3-17(4-2)8-5-9-19-14(18)12-10-11(15)6-7-13(12)16;/h6-7,10H,3-5,8-9H2,1-2H3;1H. The van der Waals surface area contributed by atoms with Crippen molar-refractivity contribution >= 4 is 41.6 Å². The average Bonchev–Trinajstić information content (AvgIpc) is 2.41. The lowest BCUT2D eigenvalue weighted by Gasteiger charge is -2.17. The van der Waals surface area contributed by atoms with Gasteiger partial charge in [0.25, 0.3) is 0 Å². The minimum absolute atomic E-state index is 0. The van der Waals surface area contributed by atoms with E-state index in [9.17, 15) is 4.79 Å². The Kier molecular flexibility index (Phi) is 10.0. The molecule has 0 amide bonds. The zero-order valence-electron chi connectivity index (χ0n) is 11.7. The molecule has 0 aliphatic carbocycles. The van der Waals surface area contributed by atoms with Gasteiger partial charge in [-0.25, -0.2) is 4.79 Å². The maximum Gasteiger partial charge on any atom is 0.339 e. The number of rotatable bonds is 7. The highest BCUT2D eigenvalue weighted by atomic mass is 35.5. The van der Waals surface area contributed by atoms with Gasteiger partial charge in [0.2, 0.25) is 0 Å². The molecule has 0 aromatic heterocycles. The molecule has 1 aromatic carbocycles. The van der Waals surface area contributed by atoms with Crippen LogP contribution in [-0.4, -0.2) is 37.1 Å². The van der Waals surface area contributed by atoms with Crippen LogP contribution in [0.2, 0.25) is 10.0 Å². The highest BCUT2D eigenvalue weighted by Crippen LogP contribution is 2.21. The van der Waals surface area contributed by atoms with Crippen molar-refractivity contribution in [3.63, 3.8) is 0 Å². The Morgan fingerprint density at radius 2 is 1.90 bits per heavy atom. The molecule has 0 saturated carbocycles. The predicted molar refractivity (Wildman–Crippen MR) is 86.4 cm³/mol. The molecule has 20 heavy (non-hydrogen) atoms. The van der Waals surface area contributed by atoms with Gasteiger partial charge >= 0.3 is 5.97 Å². The molecular formula is C14H20Cl3NO2. The summed E-state index contributed by atoms with van der Waals surface area (Å²) < 4.78 is 5.19. The minimum Gasteiger partial charge on any atom is -0.462 e. The molecule has 1 rings (SSSR count). The molecule has 0 spiro atoms. The Labute approximate surface area is 136 Å². The van der Waals surface area contributed by atoms with E-state index in [4.69, 9.17) is 27.9 Å². The van der Waals surface area contributed by atoms with Crippen LogP contribution in [0.4, 0.5) is 0 Å². The Morgan fingerprint density at radius 1 is 1.25 bits per heavy atom. The van der Waals surface area contributed by atoms with Crippen molar-refractivity contribution in [2.45, 2.75) is 20.3 Å². The predicted octanol–water partition coefficient (Wildman–Crippen LogP) is 4.30. The molecule has 0 N–H and O–H groups in total. The second-order valence-electron chi connectivity index (χ2n) is 4.14. The van der Waals surface area contributed by atoms with Crippen LogP contribution >= 0.6 is 35.6 Å². The number of carbonyl (C=O) groups excluding carboxylic acids is 1. The third-order valence-electron chi connectivity index (χ3n) is 2.89. The van der Waals surface area contributed by atoms with E-state index < -0.39 is 5.97 Å². The van der Waals surface area contributed by atoms with Crippen LogP contribution in [0.15, 0.2) is 18.2 Å². The number of carbonyl (C=O) groups is 1. The van der Waals surface area contributed by atoms with E-state index in [2.05, 4.69) is 18.7 Å². The Bertz CT molecular complexity index is 423. The third kappa shape index (κ3) is 6.31. The topological polar surface area (TPSA) is 29.5 Å². The number of benzene rings is 1. The fourth-order valence-corrected chi connectivity index (χ4v) is 2.09. The molecule has 0 saturated heterocycles. The molecule has 3 nitrogen and oxygen atoms in total. The van der Waals surface area contributed by atoms with Gasteiger partial charge in [0.05, 0.1) is 17.2 Å². The lowest BCUT2D eigenvalue weighted by Crippen LogP contribution is -2.25. The molecule has 1 aromatic rings. The van der Waals surface area contributed by atoms with E-state index >= 15 is 0 Å². The van der Waals surface area contributed by atoms with Crippen molar-refractivity contribution in [3.8, 4) is 0 Å². The lowest BCUT2D eigenvalue weighted by molar-refractivity contribution is 0.0489. The Hall–Kier alpha value is -0.480. The first-order chi connectivity index (χ1) is 9.08. The number of hydrogen-bond donors (Lipinski definition) is 0. The lowest BCUT2D eigenvalue weighted by atomic mass is 10.2. The maximum absolute atomic E-state index is 11.8. The van der Waals surface area contributed by atoms with Crippen LogP contribution in [-0.2, 0) is 4.74 Å². The van der Waals surface area contributed by atoms with Gasteiger partial charge in [-0.15, -0.1) is 12.4 Å². The third-order valence-corrected chi connectivity index (χ3v) is 3.46. The second-order valence-corrected chi connectivity index (χ2v) is 4.98. The summed E-state index contributed by atoms with van der Waals surface area (Å²) in [6.07, 6.45) is 0.811. The zero-order chi connectivity index (χ0) is 14.3. The molecule has 0 bridgehead atoms. The van der Waals surface area contributed by atoms with E-state index in [1.807, 2.05) is 0 Å². The van der Waals surface area contributed by atoms with Crippen molar-refractivity contribution in [2.75, 3.05) is 26.2 Å². The van der Waals surface area contributed by atoms with Crippen molar-refractivity contribution in [3.05, 3.63) is 33.8 Å². The van der Waals surface area contributed by atoms with Crippen molar-refractivity contribution in [1.29, 1.82) is 0 Å². The fourth-order valence-electron chi connectivity index (χ4n) is 1.72. The molecule has 0 aliphatic rings. The van der Waals surface area contributed by atoms with Gasteiger partial charge in [0.1, 0.15) is 0 Å². The van der Waals surface area contributed by atoms with E-state index in [1.165, 1.54) is 6.07 Å². The first-order valence-electron chi connectivity index (χ1n) is 6.43. The number of ether oxygens (including phenoxy) is 1. The van der Waals surface area contributed by atoms with Crippen LogP contribution < -0.4 is 0 Å². The normalized spacial score (nSPS) is 10.2. The number of hydrogen-bond acceptors (Lipinski definition) is 3. The SMILES string of the molecule is CCN(CC)CCCOC(=O)c1cc(Cl)ccc1Cl.Cl. The number of halogens is 3. The summed E-state index contributed by atoms with van der Waals surface area (Å²) in [6, 6.07) is 4.76. The van der Waals surface area contributed by atoms with Gasteiger partial charge in [0.15, 0.2) is 0 Å². The van der Waals surface area contributed by atoms with E-state index in [0.29, 0.717) is 22.2 Å². The van der Waals surface area contributed by atoms with Crippen molar-refractivity contribution in [2.24, 2.45) is 0 Å². The summed E-state index contributed by atoms with van der Waals surface area (Å²) in [5, 5.41) is 0.831. The molecular weight excluding hydrogens is 321 g/mol. The molecule has 0 atom stereocenters. The van der Waals surface area contributed by atoms with Crippen LogP contribution in [0.5, 0.6) is 0 Å². The van der Waals surface area contributed by atoms with Gasteiger partial charge < -0.3 is 9.64 Å². The summed E-state index contributed by atoms with van der Waals surface area (Å²) in [4.78, 5) is 14.1. The quantitative estimate of drug-likeness (QED) is 0.547. The first kappa shape index (κ1) is 19.5. The molecule has 0 fully saturated rings. The van der Waals surface area contributed by atoms with E-state index in [-0.39, 0.29) is 12.4 Å². The number of esters is 1. The number of nitrogens with zero attached hydrogens (tertiary/aromatic N) is 1. The molecule has 0 aliphatic heterocycles. The molecule has 0 heterocycles. The van der Waals surface area contributed by atoms with Crippen LogP contribution in [0.25, 0.3) is 0 Å². The second kappa shape index (κ2) is 10.3. The Balaban J connectivity index is 0.00000361. The summed E-state index contributed by atoms with van der Waals surface area (Å²) in [6.45, 7) is 7.54. The summed E-state index contributed by atoms with van der Waals surface area (Å²) >= 11 is 11.8. The zero-order valence-corrected chi connectivity index (χ0v) is 14.0. The maximum atomic E-state index is 11.8. The van der Waals surface area contributed by atoms with Gasteiger partial charge in [-0.3, -0.25) is 0 Å². The van der Waals surface area contributed by atoms with Crippen LogP contribution in [0.1, 0.15) is 30.6 Å². The van der Waals surface area contributed by atoms with Gasteiger partial charge in [-0.2, -0.15) is 0 Å². The largest absolute Gasteiger partial charge is 0.462 e. The molecule has 6 heteroatoms. The van der Waals surface area contributed by atoms with E-state index in [0.717, 1.165) is 26.1 Å². The van der Waals surface area contributed by atoms with E-state index in [1.54, 1.807) is 12.1 Å². The minimum atomic E-state index is -0.424. The highest BCUT2D eigenvalue weighted by molar-refractivity contribution is 6.35. The summed E-state index contributed by atoms with van der Waals surface area (Å²) in [5.41, 5.74) is 0.317. The smallest absolute Gasteiger partial charge is 0.339 e. The first-order valence-corrected chi connectivity index (χ1v) is 7.18. The van der Waals surface area contributed by atoms with Crippen molar-refractivity contribution in [1.82, 2.24) is 4.90 Å². The van der Waals surface area contributed by atoms with Crippen molar-refractivity contribution < 1.29 is 9.53 Å². The highest BCUT2D eigenvalue weighted by Gasteiger charge is 2.12. The van der Waals surface area contributed by atoms with Gasteiger partial charge in [-0.1, -0.05) is 37.0 Å². The Morgan fingerprint density at radius 3 is 2.50 bits per heavy atom. The average molecular weight is 341 g/mol.